The number of hydrogen-bond donors (Lipinski definition) is 2. The van der Waals surface area contributed by atoms with E-state index in [9.17, 15) is 0 Å². The summed E-state index contributed by atoms with van der Waals surface area (Å²) < 4.78 is 8.74. The molecule has 0 saturated carbocycles. The Labute approximate surface area is 98.1 Å². The molecule has 0 aliphatic rings. The summed E-state index contributed by atoms with van der Waals surface area (Å²) in [6.07, 6.45) is 4.97. The van der Waals surface area contributed by atoms with E-state index in [1.54, 1.807) is 11.1 Å². The molecule has 0 fully saturated rings. The highest BCUT2D eigenvalue weighted by Crippen LogP contribution is 2.12. The molecule has 0 amide bonds. The first-order chi connectivity index (χ1) is 7.61. The summed E-state index contributed by atoms with van der Waals surface area (Å²) in [6, 6.07) is 8.80. The van der Waals surface area contributed by atoms with Crippen LogP contribution in [0, 0.1) is 0 Å². The molecule has 0 aromatic heterocycles. The number of hydrogen-bond acceptors (Lipinski definition) is 1. The molecule has 0 spiro atoms. The van der Waals surface area contributed by atoms with Crippen molar-refractivity contribution < 1.29 is 14.4 Å². The van der Waals surface area contributed by atoms with Gasteiger partial charge in [0.05, 0.1) is 0 Å². The Balaban J connectivity index is 0.000000487. The van der Waals surface area contributed by atoms with E-state index in [0.29, 0.717) is 0 Å². The normalized spacial score (nSPS) is 9.81. The standard InChI is InChI=1S/C12H18.H3O3P/c1-3-7-11-9-5-6-10-12(11)8-4-2;1-4(2)3/h5-6,9-10H,3-4,7-8H2,1-2H3;4H,(H2,1,2,3). The molecular weight excluding hydrogens is 223 g/mol. The smallest absolute Gasteiger partial charge is 0.314 e. The molecule has 0 heterocycles. The van der Waals surface area contributed by atoms with Crippen molar-refractivity contribution in [2.24, 2.45) is 0 Å². The molecule has 4 heteroatoms. The Bertz CT molecular complexity index is 284. The van der Waals surface area contributed by atoms with Crippen LogP contribution in [0.4, 0.5) is 0 Å². The molecule has 0 saturated heterocycles. The minimum atomic E-state index is -3.13. The van der Waals surface area contributed by atoms with E-state index in [0.717, 1.165) is 0 Å². The molecule has 1 aromatic carbocycles. The molecule has 0 unspecified atom stereocenters. The number of rotatable bonds is 4. The van der Waals surface area contributed by atoms with E-state index in [1.807, 2.05) is 0 Å². The first kappa shape index (κ1) is 15.4. The van der Waals surface area contributed by atoms with E-state index in [4.69, 9.17) is 14.4 Å². The van der Waals surface area contributed by atoms with Crippen LogP contribution in [0.3, 0.4) is 0 Å². The maximum Gasteiger partial charge on any atom is 0.314 e. The highest BCUT2D eigenvalue weighted by molar-refractivity contribution is 7.30. The van der Waals surface area contributed by atoms with E-state index in [1.165, 1.54) is 25.7 Å². The Morgan fingerprint density at radius 1 is 1.00 bits per heavy atom. The molecule has 1 aromatic rings. The van der Waals surface area contributed by atoms with Gasteiger partial charge in [0.1, 0.15) is 0 Å². The van der Waals surface area contributed by atoms with Crippen molar-refractivity contribution in [3.8, 4) is 0 Å². The Kier molecular flexibility index (Phi) is 9.21. The van der Waals surface area contributed by atoms with E-state index in [2.05, 4.69) is 38.1 Å². The van der Waals surface area contributed by atoms with Gasteiger partial charge in [0, 0.05) is 0 Å². The van der Waals surface area contributed by atoms with Gasteiger partial charge in [0.15, 0.2) is 0 Å². The third-order valence-corrected chi connectivity index (χ3v) is 2.16. The lowest BCUT2D eigenvalue weighted by Gasteiger charge is -2.06. The monoisotopic (exact) mass is 244 g/mol. The Morgan fingerprint density at radius 2 is 1.31 bits per heavy atom. The maximum absolute atomic E-state index is 8.74. The molecular formula is C12H21O3P. The SMILES string of the molecule is CCCc1ccccc1CCC.O=[PH](O)O. The van der Waals surface area contributed by atoms with Crippen molar-refractivity contribution in [3.05, 3.63) is 35.4 Å². The Hall–Kier alpha value is -0.630. The molecule has 0 radical (unpaired) electrons. The average Bonchev–Trinajstić information content (AvgIpc) is 2.21. The average molecular weight is 244 g/mol. The lowest BCUT2D eigenvalue weighted by atomic mass is 10.00. The molecule has 2 N–H and O–H groups in total. The van der Waals surface area contributed by atoms with E-state index >= 15 is 0 Å². The van der Waals surface area contributed by atoms with Gasteiger partial charge in [-0.25, -0.2) is 0 Å². The molecule has 16 heavy (non-hydrogen) atoms. The van der Waals surface area contributed by atoms with Gasteiger partial charge in [0.25, 0.3) is 0 Å². The molecule has 3 nitrogen and oxygen atoms in total. The van der Waals surface area contributed by atoms with Gasteiger partial charge in [-0.05, 0) is 24.0 Å². The van der Waals surface area contributed by atoms with E-state index < -0.39 is 8.25 Å². The van der Waals surface area contributed by atoms with Gasteiger partial charge in [-0.2, -0.15) is 0 Å². The Morgan fingerprint density at radius 3 is 1.56 bits per heavy atom. The lowest BCUT2D eigenvalue weighted by molar-refractivity contribution is 0.405. The second-order valence-electron chi connectivity index (χ2n) is 3.55. The third kappa shape index (κ3) is 7.63. The van der Waals surface area contributed by atoms with Crippen molar-refractivity contribution in [1.82, 2.24) is 0 Å². The zero-order valence-corrected chi connectivity index (χ0v) is 10.9. The van der Waals surface area contributed by atoms with Crippen molar-refractivity contribution in [3.63, 3.8) is 0 Å². The van der Waals surface area contributed by atoms with Gasteiger partial charge in [-0.1, -0.05) is 51.0 Å². The number of aryl methyl sites for hydroxylation is 2. The predicted molar refractivity (Wildman–Crippen MR) is 67.9 cm³/mol. The number of benzene rings is 1. The van der Waals surface area contributed by atoms with Crippen LogP contribution < -0.4 is 0 Å². The summed E-state index contributed by atoms with van der Waals surface area (Å²) in [7, 11) is -3.13. The summed E-state index contributed by atoms with van der Waals surface area (Å²) in [5, 5.41) is 0. The second-order valence-corrected chi connectivity index (χ2v) is 4.12. The summed E-state index contributed by atoms with van der Waals surface area (Å²) in [4.78, 5) is 14.3. The first-order valence-corrected chi connectivity index (χ1v) is 6.90. The van der Waals surface area contributed by atoms with Crippen LogP contribution in [-0.4, -0.2) is 9.79 Å². The van der Waals surface area contributed by atoms with Crippen LogP contribution in [0.1, 0.15) is 37.8 Å². The van der Waals surface area contributed by atoms with Crippen LogP contribution in [0.25, 0.3) is 0 Å². The molecule has 0 atom stereocenters. The fourth-order valence-electron chi connectivity index (χ4n) is 1.58. The molecule has 92 valence electrons. The fourth-order valence-corrected chi connectivity index (χ4v) is 1.58. The lowest BCUT2D eigenvalue weighted by Crippen LogP contribution is -1.92. The molecule has 0 aliphatic heterocycles. The minimum Gasteiger partial charge on any atom is -0.326 e. The third-order valence-electron chi connectivity index (χ3n) is 2.16. The quantitative estimate of drug-likeness (QED) is 0.800. The minimum absolute atomic E-state index is 1.23. The highest BCUT2D eigenvalue weighted by Gasteiger charge is 1.98. The molecule has 1 rings (SSSR count). The first-order valence-electron chi connectivity index (χ1n) is 5.60. The van der Waals surface area contributed by atoms with Gasteiger partial charge < -0.3 is 9.79 Å². The maximum atomic E-state index is 8.74. The highest BCUT2D eigenvalue weighted by atomic mass is 31.1. The summed E-state index contributed by atoms with van der Waals surface area (Å²) in [5.74, 6) is 0. The van der Waals surface area contributed by atoms with Crippen molar-refractivity contribution >= 4 is 8.25 Å². The van der Waals surface area contributed by atoms with Gasteiger partial charge in [0.2, 0.25) is 0 Å². The van der Waals surface area contributed by atoms with Crippen LogP contribution in [0.5, 0.6) is 0 Å². The zero-order chi connectivity index (χ0) is 12.4. The molecule has 0 aliphatic carbocycles. The zero-order valence-electron chi connectivity index (χ0n) is 9.94. The topological polar surface area (TPSA) is 57.5 Å². The van der Waals surface area contributed by atoms with Crippen LogP contribution in [-0.2, 0) is 17.4 Å². The van der Waals surface area contributed by atoms with Crippen molar-refractivity contribution in [2.45, 2.75) is 39.5 Å². The van der Waals surface area contributed by atoms with Crippen molar-refractivity contribution in [1.29, 1.82) is 0 Å². The van der Waals surface area contributed by atoms with E-state index in [-0.39, 0.29) is 0 Å². The van der Waals surface area contributed by atoms with Gasteiger partial charge in [-0.15, -0.1) is 0 Å². The largest absolute Gasteiger partial charge is 0.326 e. The summed E-state index contributed by atoms with van der Waals surface area (Å²) in [6.45, 7) is 4.48. The van der Waals surface area contributed by atoms with Crippen molar-refractivity contribution in [2.75, 3.05) is 0 Å². The fraction of sp³-hybridized carbons (Fsp3) is 0.500. The van der Waals surface area contributed by atoms with Crippen LogP contribution in [0.2, 0.25) is 0 Å². The molecule has 0 bridgehead atoms. The predicted octanol–water partition coefficient (Wildman–Crippen LogP) is 2.95. The van der Waals surface area contributed by atoms with Gasteiger partial charge in [-0.3, -0.25) is 4.57 Å². The summed E-state index contributed by atoms with van der Waals surface area (Å²) >= 11 is 0. The second kappa shape index (κ2) is 9.59. The van der Waals surface area contributed by atoms with Gasteiger partial charge >= 0.3 is 8.25 Å². The van der Waals surface area contributed by atoms with Crippen LogP contribution >= 0.6 is 8.25 Å². The summed E-state index contributed by atoms with van der Waals surface area (Å²) in [5.41, 5.74) is 3.09. The van der Waals surface area contributed by atoms with Crippen LogP contribution in [0.15, 0.2) is 24.3 Å².